The lowest BCUT2D eigenvalue weighted by atomic mass is 10.3. The van der Waals surface area contributed by atoms with E-state index in [2.05, 4.69) is 39.8 Å². The van der Waals surface area contributed by atoms with Crippen LogP contribution in [0.2, 0.25) is 0 Å². The quantitative estimate of drug-likeness (QED) is 0.400. The Hall–Kier alpha value is -2.11. The molecule has 0 fully saturated rings. The third kappa shape index (κ3) is 6.74. The third-order valence-corrected chi connectivity index (χ3v) is 2.93. The summed E-state index contributed by atoms with van der Waals surface area (Å²) in [6.45, 7) is 8.08. The highest BCUT2D eigenvalue weighted by molar-refractivity contribution is 5.93. The van der Waals surface area contributed by atoms with Crippen molar-refractivity contribution in [1.82, 2.24) is 20.9 Å². The Morgan fingerprint density at radius 2 is 2.19 bits per heavy atom. The highest BCUT2D eigenvalue weighted by Gasteiger charge is 2.04. The maximum absolute atomic E-state index is 11.8. The minimum absolute atomic E-state index is 0.127. The molecule has 0 aliphatic heterocycles. The number of rotatable bonds is 7. The van der Waals surface area contributed by atoms with Crippen molar-refractivity contribution in [2.45, 2.75) is 33.2 Å². The first-order valence-electron chi connectivity index (χ1n) is 7.40. The number of hydrogen-bond acceptors (Lipinski definition) is 3. The molecule has 0 aliphatic carbocycles. The first-order valence-corrected chi connectivity index (χ1v) is 7.40. The van der Waals surface area contributed by atoms with Gasteiger partial charge in [-0.1, -0.05) is 6.92 Å². The average molecular weight is 291 g/mol. The van der Waals surface area contributed by atoms with E-state index in [0.29, 0.717) is 24.7 Å². The summed E-state index contributed by atoms with van der Waals surface area (Å²) in [4.78, 5) is 20.2. The summed E-state index contributed by atoms with van der Waals surface area (Å²) in [6, 6.07) is 3.85. The molecule has 6 heteroatoms. The molecule has 0 aromatic carbocycles. The highest BCUT2D eigenvalue weighted by atomic mass is 16.1. The summed E-state index contributed by atoms with van der Waals surface area (Å²) in [5, 5.41) is 9.31. The van der Waals surface area contributed by atoms with Crippen molar-refractivity contribution in [1.29, 1.82) is 0 Å². The van der Waals surface area contributed by atoms with E-state index in [1.54, 1.807) is 24.5 Å². The van der Waals surface area contributed by atoms with Crippen molar-refractivity contribution < 1.29 is 4.79 Å². The summed E-state index contributed by atoms with van der Waals surface area (Å²) in [7, 11) is 0. The van der Waals surface area contributed by atoms with Crippen molar-refractivity contribution in [3.8, 4) is 0 Å². The normalized spacial score (nSPS) is 12.6. The number of aliphatic imine (C=N–C) groups is 1. The van der Waals surface area contributed by atoms with E-state index < -0.39 is 0 Å². The molecule has 1 amide bonds. The molecule has 1 unspecified atom stereocenters. The number of nitrogens with zero attached hydrogens (tertiary/aromatic N) is 2. The number of aromatic nitrogens is 1. The van der Waals surface area contributed by atoms with Crippen molar-refractivity contribution >= 4 is 11.9 Å². The molecule has 21 heavy (non-hydrogen) atoms. The Balaban J connectivity index is 2.38. The van der Waals surface area contributed by atoms with E-state index in [-0.39, 0.29) is 5.91 Å². The van der Waals surface area contributed by atoms with Gasteiger partial charge in [-0.15, -0.1) is 0 Å². The summed E-state index contributed by atoms with van der Waals surface area (Å²) in [5.74, 6) is 0.653. The first-order chi connectivity index (χ1) is 10.2. The Morgan fingerprint density at radius 3 is 2.81 bits per heavy atom. The molecule has 0 saturated carbocycles. The summed E-state index contributed by atoms with van der Waals surface area (Å²) >= 11 is 0. The molecule has 1 aromatic heterocycles. The first kappa shape index (κ1) is 16.9. The number of carbonyl (C=O) groups excluding carboxylic acids is 1. The molecule has 116 valence electrons. The zero-order chi connectivity index (χ0) is 15.5. The lowest BCUT2D eigenvalue weighted by Gasteiger charge is -2.16. The van der Waals surface area contributed by atoms with Gasteiger partial charge in [-0.3, -0.25) is 14.8 Å². The maximum atomic E-state index is 11.8. The van der Waals surface area contributed by atoms with E-state index >= 15 is 0 Å². The molecule has 0 saturated heterocycles. The van der Waals surface area contributed by atoms with E-state index in [0.717, 1.165) is 18.9 Å². The third-order valence-electron chi connectivity index (χ3n) is 2.93. The molecule has 3 N–H and O–H groups in total. The van der Waals surface area contributed by atoms with Gasteiger partial charge in [-0.05, 0) is 32.4 Å². The molecule has 1 rings (SSSR count). The molecule has 0 bridgehead atoms. The molecule has 1 atom stereocenters. The average Bonchev–Trinajstić information content (AvgIpc) is 2.52. The Labute approximate surface area is 126 Å². The molecule has 0 radical (unpaired) electrons. The minimum Gasteiger partial charge on any atom is -0.357 e. The Bertz CT molecular complexity index is 447. The van der Waals surface area contributed by atoms with Crippen LogP contribution in [-0.2, 0) is 0 Å². The van der Waals surface area contributed by atoms with Crippen molar-refractivity contribution in [3.63, 3.8) is 0 Å². The molecular formula is C15H25N5O. The lowest BCUT2D eigenvalue weighted by molar-refractivity contribution is 0.0954. The van der Waals surface area contributed by atoms with Crippen LogP contribution in [-0.4, -0.2) is 42.5 Å². The Morgan fingerprint density at radius 1 is 1.38 bits per heavy atom. The van der Waals surface area contributed by atoms with Crippen LogP contribution in [0.5, 0.6) is 0 Å². The molecule has 6 nitrogen and oxygen atoms in total. The van der Waals surface area contributed by atoms with Crippen molar-refractivity contribution in [2.75, 3.05) is 19.6 Å². The van der Waals surface area contributed by atoms with Gasteiger partial charge in [0, 0.05) is 31.5 Å². The van der Waals surface area contributed by atoms with E-state index in [1.807, 2.05) is 6.92 Å². The molecule has 0 spiro atoms. The van der Waals surface area contributed by atoms with Crippen LogP contribution in [0, 0.1) is 0 Å². The zero-order valence-corrected chi connectivity index (χ0v) is 13.0. The SMILES string of the molecule is CCNC(=NCCNC(=O)c1cccnc1)NC(C)CC. The minimum atomic E-state index is -0.127. The second-order valence-electron chi connectivity index (χ2n) is 4.71. The Kier molecular flexibility index (Phi) is 7.86. The van der Waals surface area contributed by atoms with Crippen LogP contribution >= 0.6 is 0 Å². The van der Waals surface area contributed by atoms with Gasteiger partial charge in [0.15, 0.2) is 5.96 Å². The summed E-state index contributed by atoms with van der Waals surface area (Å²) in [5.41, 5.74) is 0.561. The largest absolute Gasteiger partial charge is 0.357 e. The maximum Gasteiger partial charge on any atom is 0.252 e. The number of nitrogens with one attached hydrogen (secondary N) is 3. The van der Waals surface area contributed by atoms with E-state index in [9.17, 15) is 4.79 Å². The predicted molar refractivity (Wildman–Crippen MR) is 85.4 cm³/mol. The lowest BCUT2D eigenvalue weighted by Crippen LogP contribution is -2.42. The van der Waals surface area contributed by atoms with Gasteiger partial charge < -0.3 is 16.0 Å². The summed E-state index contributed by atoms with van der Waals surface area (Å²) < 4.78 is 0. The van der Waals surface area contributed by atoms with Crippen molar-refractivity contribution in [2.24, 2.45) is 4.99 Å². The van der Waals surface area contributed by atoms with Gasteiger partial charge in [-0.25, -0.2) is 0 Å². The zero-order valence-electron chi connectivity index (χ0n) is 13.0. The van der Waals surface area contributed by atoms with Gasteiger partial charge in [-0.2, -0.15) is 0 Å². The fourth-order valence-electron chi connectivity index (χ4n) is 1.59. The van der Waals surface area contributed by atoms with Crippen LogP contribution in [0.3, 0.4) is 0 Å². The van der Waals surface area contributed by atoms with Gasteiger partial charge >= 0.3 is 0 Å². The van der Waals surface area contributed by atoms with Gasteiger partial charge in [0.2, 0.25) is 0 Å². The molecular weight excluding hydrogens is 266 g/mol. The molecule has 0 aliphatic rings. The fraction of sp³-hybridized carbons (Fsp3) is 0.533. The monoisotopic (exact) mass is 291 g/mol. The van der Waals surface area contributed by atoms with Gasteiger partial charge in [0.05, 0.1) is 12.1 Å². The van der Waals surface area contributed by atoms with Crippen molar-refractivity contribution in [3.05, 3.63) is 30.1 Å². The molecule has 1 heterocycles. The number of pyridine rings is 1. The van der Waals surface area contributed by atoms with Gasteiger partial charge in [0.25, 0.3) is 5.91 Å². The number of guanidine groups is 1. The highest BCUT2D eigenvalue weighted by Crippen LogP contribution is 1.94. The second kappa shape index (κ2) is 9.74. The number of carbonyl (C=O) groups is 1. The standard InChI is InChI=1S/C15H25N5O/c1-4-12(3)20-15(17-5-2)19-10-9-18-14(21)13-7-6-8-16-11-13/h6-8,11-12H,4-5,9-10H2,1-3H3,(H,18,21)(H2,17,19,20). The van der Waals surface area contributed by atoms with Crippen LogP contribution in [0.25, 0.3) is 0 Å². The predicted octanol–water partition coefficient (Wildman–Crippen LogP) is 1.16. The van der Waals surface area contributed by atoms with Gasteiger partial charge in [0.1, 0.15) is 0 Å². The van der Waals surface area contributed by atoms with Crippen LogP contribution in [0.1, 0.15) is 37.6 Å². The number of amides is 1. The molecule has 1 aromatic rings. The fourth-order valence-corrected chi connectivity index (χ4v) is 1.59. The van der Waals surface area contributed by atoms with Crippen LogP contribution in [0.15, 0.2) is 29.5 Å². The number of hydrogen-bond donors (Lipinski definition) is 3. The summed E-state index contributed by atoms with van der Waals surface area (Å²) in [6.07, 6.45) is 4.22. The van der Waals surface area contributed by atoms with Crippen LogP contribution in [0.4, 0.5) is 0 Å². The topological polar surface area (TPSA) is 78.4 Å². The van der Waals surface area contributed by atoms with E-state index in [1.165, 1.54) is 0 Å². The van der Waals surface area contributed by atoms with E-state index in [4.69, 9.17) is 0 Å². The van der Waals surface area contributed by atoms with Crippen LogP contribution < -0.4 is 16.0 Å². The smallest absolute Gasteiger partial charge is 0.252 e. The second-order valence-corrected chi connectivity index (χ2v) is 4.71.